The molecule has 1 aromatic rings. The quantitative estimate of drug-likeness (QED) is 0.868. The monoisotopic (exact) mass is 313 g/mol. The van der Waals surface area contributed by atoms with Crippen LogP contribution in [0.4, 0.5) is 0 Å². The van der Waals surface area contributed by atoms with Crippen molar-refractivity contribution in [2.75, 3.05) is 24.7 Å². The lowest BCUT2D eigenvalue weighted by Gasteiger charge is -2.21. The molecule has 0 bridgehead atoms. The lowest BCUT2D eigenvalue weighted by molar-refractivity contribution is 0.171. The smallest absolute Gasteiger partial charge is 0.161 e. The van der Waals surface area contributed by atoms with Gasteiger partial charge in [-0.3, -0.25) is 0 Å². The summed E-state index contributed by atoms with van der Waals surface area (Å²) in [6.07, 6.45) is 0.846. The Hall–Kier alpha value is -1.27. The highest BCUT2D eigenvalue weighted by atomic mass is 32.2. The molecule has 1 aromatic carbocycles. The van der Waals surface area contributed by atoms with Crippen LogP contribution < -0.4 is 15.2 Å². The molecule has 1 aliphatic rings. The van der Waals surface area contributed by atoms with Crippen LogP contribution in [0.25, 0.3) is 0 Å². The maximum Gasteiger partial charge on any atom is 0.161 e. The molecule has 118 valence electrons. The maximum atomic E-state index is 12.1. The normalized spacial score (nSPS) is 17.3. The van der Waals surface area contributed by atoms with E-state index in [9.17, 15) is 8.42 Å². The molecule has 2 N–H and O–H groups in total. The third-order valence-corrected chi connectivity index (χ3v) is 5.61. The predicted octanol–water partition coefficient (Wildman–Crippen LogP) is 1.92. The SMILES string of the molecule is CCC(C)CS(=O)(=O)CC(N)c1ccc2c(c1)OCCO2. The molecule has 21 heavy (non-hydrogen) atoms. The summed E-state index contributed by atoms with van der Waals surface area (Å²) in [7, 11) is -3.16. The van der Waals surface area contributed by atoms with Crippen molar-refractivity contribution < 1.29 is 17.9 Å². The first-order valence-electron chi connectivity index (χ1n) is 7.27. The molecule has 1 heterocycles. The number of nitrogens with two attached hydrogens (primary N) is 1. The van der Waals surface area contributed by atoms with E-state index < -0.39 is 15.9 Å². The van der Waals surface area contributed by atoms with Crippen molar-refractivity contribution in [1.29, 1.82) is 0 Å². The average molecular weight is 313 g/mol. The lowest BCUT2D eigenvalue weighted by Crippen LogP contribution is -2.26. The first-order valence-corrected chi connectivity index (χ1v) is 9.09. The van der Waals surface area contributed by atoms with Gasteiger partial charge in [0.2, 0.25) is 0 Å². The van der Waals surface area contributed by atoms with E-state index in [1.807, 2.05) is 13.8 Å². The molecule has 0 spiro atoms. The van der Waals surface area contributed by atoms with E-state index in [4.69, 9.17) is 15.2 Å². The van der Waals surface area contributed by atoms with E-state index in [0.717, 1.165) is 12.0 Å². The van der Waals surface area contributed by atoms with Crippen molar-refractivity contribution in [3.8, 4) is 11.5 Å². The number of fused-ring (bicyclic) bond motifs is 1. The lowest BCUT2D eigenvalue weighted by atomic mass is 10.1. The summed E-state index contributed by atoms with van der Waals surface area (Å²) in [6.45, 7) is 4.95. The Morgan fingerprint density at radius 3 is 2.52 bits per heavy atom. The molecule has 0 aromatic heterocycles. The molecular formula is C15H23NO4S. The van der Waals surface area contributed by atoms with Crippen LogP contribution in [0.15, 0.2) is 18.2 Å². The minimum absolute atomic E-state index is 0.0447. The van der Waals surface area contributed by atoms with Crippen LogP contribution in [0.1, 0.15) is 31.9 Å². The van der Waals surface area contributed by atoms with E-state index >= 15 is 0 Å². The predicted molar refractivity (Wildman–Crippen MR) is 82.5 cm³/mol. The van der Waals surface area contributed by atoms with Gasteiger partial charge in [-0.1, -0.05) is 26.3 Å². The number of hydrogen-bond acceptors (Lipinski definition) is 5. The highest BCUT2D eigenvalue weighted by molar-refractivity contribution is 7.91. The molecule has 0 aliphatic carbocycles. The Kier molecular flexibility index (Phi) is 5.11. The zero-order valence-corrected chi connectivity index (χ0v) is 13.4. The highest BCUT2D eigenvalue weighted by Crippen LogP contribution is 2.32. The van der Waals surface area contributed by atoms with Crippen LogP contribution in [0.5, 0.6) is 11.5 Å². The summed E-state index contributed by atoms with van der Waals surface area (Å²) < 4.78 is 35.2. The summed E-state index contributed by atoms with van der Waals surface area (Å²) in [6, 6.07) is 4.81. The van der Waals surface area contributed by atoms with Crippen LogP contribution in [0.3, 0.4) is 0 Å². The Balaban J connectivity index is 2.08. The highest BCUT2D eigenvalue weighted by Gasteiger charge is 2.21. The molecule has 1 aliphatic heterocycles. The topological polar surface area (TPSA) is 78.6 Å². The molecule has 2 unspecified atom stereocenters. The molecule has 0 radical (unpaired) electrons. The van der Waals surface area contributed by atoms with Gasteiger partial charge in [-0.2, -0.15) is 0 Å². The van der Waals surface area contributed by atoms with Gasteiger partial charge in [0.25, 0.3) is 0 Å². The Morgan fingerprint density at radius 1 is 1.19 bits per heavy atom. The van der Waals surface area contributed by atoms with Crippen molar-refractivity contribution in [2.45, 2.75) is 26.3 Å². The summed E-state index contributed by atoms with van der Waals surface area (Å²) >= 11 is 0. The molecule has 0 saturated heterocycles. The molecule has 0 saturated carbocycles. The fourth-order valence-electron chi connectivity index (χ4n) is 2.28. The van der Waals surface area contributed by atoms with Gasteiger partial charge in [0.1, 0.15) is 13.2 Å². The minimum atomic E-state index is -3.16. The Bertz CT molecular complexity index is 585. The summed E-state index contributed by atoms with van der Waals surface area (Å²) in [5.41, 5.74) is 6.81. The van der Waals surface area contributed by atoms with E-state index in [0.29, 0.717) is 24.7 Å². The molecule has 0 amide bonds. The van der Waals surface area contributed by atoms with Crippen molar-refractivity contribution >= 4 is 9.84 Å². The molecule has 5 nitrogen and oxygen atoms in total. The summed E-state index contributed by atoms with van der Waals surface area (Å²) in [5, 5.41) is 0. The minimum Gasteiger partial charge on any atom is -0.486 e. The van der Waals surface area contributed by atoms with Gasteiger partial charge in [-0.05, 0) is 23.6 Å². The first kappa shape index (κ1) is 16.1. The van der Waals surface area contributed by atoms with Gasteiger partial charge >= 0.3 is 0 Å². The molecule has 0 fully saturated rings. The fraction of sp³-hybridized carbons (Fsp3) is 0.600. The third-order valence-electron chi connectivity index (χ3n) is 3.66. The number of hydrogen-bond donors (Lipinski definition) is 1. The molecule has 2 atom stereocenters. The molecule has 6 heteroatoms. The van der Waals surface area contributed by atoms with Crippen molar-refractivity contribution in [3.05, 3.63) is 23.8 Å². The number of benzene rings is 1. The third kappa shape index (κ3) is 4.35. The largest absolute Gasteiger partial charge is 0.486 e. The van der Waals surface area contributed by atoms with Gasteiger partial charge in [0.05, 0.1) is 11.5 Å². The number of ether oxygens (including phenoxy) is 2. The van der Waals surface area contributed by atoms with Crippen molar-refractivity contribution in [1.82, 2.24) is 0 Å². The second-order valence-corrected chi connectivity index (χ2v) is 7.75. The van der Waals surface area contributed by atoms with E-state index in [1.54, 1.807) is 18.2 Å². The fourth-order valence-corrected chi connectivity index (χ4v) is 4.26. The second kappa shape index (κ2) is 6.66. The maximum absolute atomic E-state index is 12.1. The van der Waals surface area contributed by atoms with E-state index in [-0.39, 0.29) is 17.4 Å². The Labute approximate surface area is 126 Å². The number of sulfone groups is 1. The summed E-state index contributed by atoms with van der Waals surface area (Å²) in [4.78, 5) is 0. The Morgan fingerprint density at radius 2 is 1.86 bits per heavy atom. The van der Waals surface area contributed by atoms with Gasteiger partial charge in [0, 0.05) is 6.04 Å². The zero-order valence-electron chi connectivity index (χ0n) is 12.5. The van der Waals surface area contributed by atoms with Gasteiger partial charge in [-0.25, -0.2) is 8.42 Å². The zero-order chi connectivity index (χ0) is 15.5. The van der Waals surface area contributed by atoms with E-state index in [1.165, 1.54) is 0 Å². The second-order valence-electron chi connectivity index (χ2n) is 5.60. The summed E-state index contributed by atoms with van der Waals surface area (Å²) in [5.74, 6) is 1.61. The van der Waals surface area contributed by atoms with Crippen LogP contribution in [0, 0.1) is 5.92 Å². The van der Waals surface area contributed by atoms with Crippen LogP contribution in [-0.2, 0) is 9.84 Å². The van der Waals surface area contributed by atoms with Crippen LogP contribution in [0.2, 0.25) is 0 Å². The van der Waals surface area contributed by atoms with Gasteiger partial charge < -0.3 is 15.2 Å². The van der Waals surface area contributed by atoms with Crippen LogP contribution >= 0.6 is 0 Å². The molecule has 2 rings (SSSR count). The van der Waals surface area contributed by atoms with E-state index in [2.05, 4.69) is 0 Å². The molecular weight excluding hydrogens is 290 g/mol. The first-order chi connectivity index (χ1) is 9.91. The van der Waals surface area contributed by atoms with Gasteiger partial charge in [-0.15, -0.1) is 0 Å². The average Bonchev–Trinajstić information content (AvgIpc) is 2.45. The standard InChI is InChI=1S/C15H23NO4S/c1-3-11(2)9-21(17,18)10-13(16)12-4-5-14-15(8-12)20-7-6-19-14/h4-5,8,11,13H,3,6-7,9-10,16H2,1-2H3. The van der Waals surface area contributed by atoms with Crippen molar-refractivity contribution in [2.24, 2.45) is 11.7 Å². The van der Waals surface area contributed by atoms with Crippen LogP contribution in [-0.4, -0.2) is 33.1 Å². The van der Waals surface area contributed by atoms with Crippen molar-refractivity contribution in [3.63, 3.8) is 0 Å². The van der Waals surface area contributed by atoms with Gasteiger partial charge in [0.15, 0.2) is 21.3 Å². The number of rotatable bonds is 6.